The third kappa shape index (κ3) is 3.83. The zero-order valence-electron chi connectivity index (χ0n) is 11.2. The van der Waals surface area contributed by atoms with Crippen molar-refractivity contribution >= 4 is 17.5 Å². The lowest BCUT2D eigenvalue weighted by Crippen LogP contribution is -2.41. The fourth-order valence-corrected chi connectivity index (χ4v) is 2.29. The number of halogens is 2. The molecule has 0 aliphatic rings. The zero-order valence-corrected chi connectivity index (χ0v) is 12.0. The minimum Gasteiger partial charge on any atom is -0.507 e. The Morgan fingerprint density at radius 1 is 1.42 bits per heavy atom. The lowest BCUT2D eigenvalue weighted by molar-refractivity contribution is 0.0678. The molecule has 1 aromatic carbocycles. The normalized spacial score (nSPS) is 10.8. The number of carbonyl (C=O) groups excluding carboxylic acids is 1. The highest BCUT2D eigenvalue weighted by molar-refractivity contribution is 6.18. The molecule has 0 saturated heterocycles. The Morgan fingerprint density at radius 2 is 2.05 bits per heavy atom. The molecule has 0 unspecified atom stereocenters. The van der Waals surface area contributed by atoms with Crippen molar-refractivity contribution < 1.29 is 14.3 Å². The van der Waals surface area contributed by atoms with Crippen LogP contribution in [-0.4, -0.2) is 34.4 Å². The van der Waals surface area contributed by atoms with E-state index in [2.05, 4.69) is 0 Å². The molecule has 1 amide bonds. The summed E-state index contributed by atoms with van der Waals surface area (Å²) in [7, 11) is 0. The van der Waals surface area contributed by atoms with Gasteiger partial charge in [0.05, 0.1) is 5.56 Å². The molecular formula is C14H19ClFNO2. The average Bonchev–Trinajstić information content (AvgIpc) is 2.38. The van der Waals surface area contributed by atoms with Crippen LogP contribution in [0, 0.1) is 5.82 Å². The van der Waals surface area contributed by atoms with E-state index in [1.54, 1.807) is 4.90 Å². The molecule has 3 nitrogen and oxygen atoms in total. The number of nitrogens with zero attached hydrogens (tertiary/aromatic N) is 1. The van der Waals surface area contributed by atoms with E-state index in [9.17, 15) is 14.3 Å². The summed E-state index contributed by atoms with van der Waals surface area (Å²) in [6.07, 6.45) is 1.61. The Morgan fingerprint density at radius 3 is 2.53 bits per heavy atom. The highest BCUT2D eigenvalue weighted by Crippen LogP contribution is 2.22. The van der Waals surface area contributed by atoms with Gasteiger partial charge in [-0.25, -0.2) is 4.39 Å². The monoisotopic (exact) mass is 287 g/mol. The number of rotatable bonds is 6. The largest absolute Gasteiger partial charge is 0.507 e. The predicted molar refractivity (Wildman–Crippen MR) is 74.2 cm³/mol. The van der Waals surface area contributed by atoms with E-state index in [0.717, 1.165) is 18.9 Å². The minimum atomic E-state index is -0.569. The van der Waals surface area contributed by atoms with Crippen molar-refractivity contribution in [2.45, 2.75) is 32.7 Å². The van der Waals surface area contributed by atoms with Gasteiger partial charge in [0, 0.05) is 24.5 Å². The van der Waals surface area contributed by atoms with Gasteiger partial charge in [-0.2, -0.15) is 0 Å². The van der Waals surface area contributed by atoms with Crippen LogP contribution in [0.15, 0.2) is 18.2 Å². The first kappa shape index (κ1) is 15.8. The third-order valence-corrected chi connectivity index (χ3v) is 3.33. The van der Waals surface area contributed by atoms with Crippen LogP contribution in [0.4, 0.5) is 4.39 Å². The molecule has 0 bridgehead atoms. The van der Waals surface area contributed by atoms with Gasteiger partial charge in [-0.15, -0.1) is 11.6 Å². The van der Waals surface area contributed by atoms with Crippen LogP contribution in [0.1, 0.15) is 37.0 Å². The Bertz CT molecular complexity index is 435. The maximum absolute atomic E-state index is 12.9. The molecule has 0 spiro atoms. The van der Waals surface area contributed by atoms with Gasteiger partial charge >= 0.3 is 0 Å². The van der Waals surface area contributed by atoms with Crippen molar-refractivity contribution in [3.63, 3.8) is 0 Å². The maximum Gasteiger partial charge on any atom is 0.257 e. The van der Waals surface area contributed by atoms with Gasteiger partial charge in [0.2, 0.25) is 0 Å². The quantitative estimate of drug-likeness (QED) is 0.815. The molecular weight excluding hydrogens is 269 g/mol. The number of aromatic hydroxyl groups is 1. The number of hydrogen-bond acceptors (Lipinski definition) is 2. The fraction of sp³-hybridized carbons (Fsp3) is 0.500. The summed E-state index contributed by atoms with van der Waals surface area (Å²) in [6.45, 7) is 4.39. The van der Waals surface area contributed by atoms with E-state index in [4.69, 9.17) is 11.6 Å². The molecule has 1 N–H and O–H groups in total. The van der Waals surface area contributed by atoms with E-state index in [-0.39, 0.29) is 23.3 Å². The van der Waals surface area contributed by atoms with E-state index >= 15 is 0 Å². The van der Waals surface area contributed by atoms with Crippen LogP contribution in [0.2, 0.25) is 0 Å². The van der Waals surface area contributed by atoms with Crippen LogP contribution in [0.3, 0.4) is 0 Å². The molecule has 0 heterocycles. The molecule has 0 aliphatic carbocycles. The van der Waals surface area contributed by atoms with Gasteiger partial charge in [-0.05, 0) is 25.0 Å². The lowest BCUT2D eigenvalue weighted by atomic mass is 10.1. The van der Waals surface area contributed by atoms with Crippen molar-refractivity contribution in [3.05, 3.63) is 29.6 Å². The minimum absolute atomic E-state index is 0.0655. The molecule has 1 aromatic rings. The smallest absolute Gasteiger partial charge is 0.257 e. The number of phenolic OH excluding ortho intramolecular Hbond substituents is 1. The Balaban J connectivity index is 3.04. The van der Waals surface area contributed by atoms with Crippen LogP contribution in [-0.2, 0) is 0 Å². The summed E-state index contributed by atoms with van der Waals surface area (Å²) in [6, 6.07) is 3.48. The predicted octanol–water partition coefficient (Wildman–Crippen LogP) is 3.40. The first-order chi connectivity index (χ1) is 9.04. The SMILES string of the molecule is CCC(CC)N(CCCl)C(=O)c1ccc(F)cc1O. The van der Waals surface area contributed by atoms with E-state index < -0.39 is 5.82 Å². The average molecular weight is 288 g/mol. The molecule has 0 aromatic heterocycles. The first-order valence-corrected chi connectivity index (χ1v) is 6.94. The van der Waals surface area contributed by atoms with Crippen LogP contribution >= 0.6 is 11.6 Å². The fourth-order valence-electron chi connectivity index (χ4n) is 2.11. The van der Waals surface area contributed by atoms with Gasteiger partial charge in [0.15, 0.2) is 0 Å². The summed E-state index contributed by atoms with van der Waals surface area (Å²) < 4.78 is 12.9. The number of phenols is 1. The Kier molecular flexibility index (Phi) is 6.09. The number of alkyl halides is 1. The second-order valence-corrected chi connectivity index (χ2v) is 4.70. The highest BCUT2D eigenvalue weighted by Gasteiger charge is 2.24. The van der Waals surface area contributed by atoms with Gasteiger partial charge in [-0.3, -0.25) is 4.79 Å². The molecule has 0 aliphatic heterocycles. The van der Waals surface area contributed by atoms with Gasteiger partial charge in [-0.1, -0.05) is 13.8 Å². The molecule has 0 radical (unpaired) electrons. The lowest BCUT2D eigenvalue weighted by Gasteiger charge is -2.30. The topological polar surface area (TPSA) is 40.5 Å². The number of amides is 1. The van der Waals surface area contributed by atoms with E-state index in [0.29, 0.717) is 12.4 Å². The van der Waals surface area contributed by atoms with Crippen LogP contribution in [0.5, 0.6) is 5.75 Å². The van der Waals surface area contributed by atoms with Gasteiger partial charge in [0.1, 0.15) is 11.6 Å². The van der Waals surface area contributed by atoms with Crippen LogP contribution < -0.4 is 0 Å². The third-order valence-electron chi connectivity index (χ3n) is 3.16. The Hall–Kier alpha value is -1.29. The molecule has 0 fully saturated rings. The first-order valence-electron chi connectivity index (χ1n) is 6.40. The number of hydrogen-bond donors (Lipinski definition) is 1. The highest BCUT2D eigenvalue weighted by atomic mass is 35.5. The molecule has 106 valence electrons. The molecule has 5 heteroatoms. The summed E-state index contributed by atoms with van der Waals surface area (Å²) in [4.78, 5) is 14.0. The van der Waals surface area contributed by atoms with Crippen molar-refractivity contribution in [2.24, 2.45) is 0 Å². The maximum atomic E-state index is 12.9. The van der Waals surface area contributed by atoms with Gasteiger partial charge < -0.3 is 10.0 Å². The van der Waals surface area contributed by atoms with Crippen LogP contribution in [0.25, 0.3) is 0 Å². The summed E-state index contributed by atoms with van der Waals surface area (Å²) >= 11 is 5.73. The summed E-state index contributed by atoms with van der Waals surface area (Å²) in [5.41, 5.74) is 0.110. The molecule has 0 atom stereocenters. The van der Waals surface area contributed by atoms with Crippen molar-refractivity contribution in [1.29, 1.82) is 0 Å². The second-order valence-electron chi connectivity index (χ2n) is 4.32. The van der Waals surface area contributed by atoms with Gasteiger partial charge in [0.25, 0.3) is 5.91 Å². The summed E-state index contributed by atoms with van der Waals surface area (Å²) in [5, 5.41) is 9.69. The van der Waals surface area contributed by atoms with E-state index in [1.165, 1.54) is 12.1 Å². The van der Waals surface area contributed by atoms with E-state index in [1.807, 2.05) is 13.8 Å². The summed E-state index contributed by atoms with van der Waals surface area (Å²) in [5.74, 6) is -0.896. The number of benzene rings is 1. The zero-order chi connectivity index (χ0) is 14.4. The van der Waals surface area contributed by atoms with Crippen molar-refractivity contribution in [3.8, 4) is 5.75 Å². The van der Waals surface area contributed by atoms with Crippen molar-refractivity contribution in [1.82, 2.24) is 4.90 Å². The van der Waals surface area contributed by atoms with Crippen molar-refractivity contribution in [2.75, 3.05) is 12.4 Å². The molecule has 19 heavy (non-hydrogen) atoms. The standard InChI is InChI=1S/C14H19ClFNO2/c1-3-11(4-2)17(8-7-15)14(19)12-6-5-10(16)9-13(12)18/h5-6,9,11,18H,3-4,7-8H2,1-2H3. The molecule has 0 saturated carbocycles. The number of carbonyl (C=O) groups is 1. The molecule has 1 rings (SSSR count). The Labute approximate surface area is 118 Å². The second kappa shape index (κ2) is 7.34.